The van der Waals surface area contributed by atoms with Crippen LogP contribution in [0.3, 0.4) is 0 Å². The number of hydrogen-bond acceptors (Lipinski definition) is 4. The van der Waals surface area contributed by atoms with Gasteiger partial charge in [-0.15, -0.1) is 17.8 Å². The molecule has 5 heteroatoms. The van der Waals surface area contributed by atoms with E-state index in [2.05, 4.69) is 35.4 Å². The first-order valence-electron chi connectivity index (χ1n) is 7.48. The molecule has 21 heavy (non-hydrogen) atoms. The Morgan fingerprint density at radius 2 is 2.48 bits per heavy atom. The minimum absolute atomic E-state index is 0.00982. The molecule has 0 aromatic carbocycles. The minimum atomic E-state index is 0.00982. The Bertz CT molecular complexity index is 518. The standard InChI is InChI=1S/C16H23N3OS/c1-4-7-17-15(20)10-19-8-5-6-13(9-19)16-18-14(11-21-16)12(2)3/h1,11-13H,5-10H2,2-3H3,(H,17,20)/t13-/m1/s1. The summed E-state index contributed by atoms with van der Waals surface area (Å²) in [7, 11) is 0. The molecule has 1 N–H and O–H groups in total. The summed E-state index contributed by atoms with van der Waals surface area (Å²) in [5.74, 6) is 3.37. The molecule has 0 saturated carbocycles. The Morgan fingerprint density at radius 1 is 1.67 bits per heavy atom. The Hall–Kier alpha value is -1.38. The lowest BCUT2D eigenvalue weighted by Crippen LogP contribution is -2.42. The third kappa shape index (κ3) is 4.55. The second-order valence-corrected chi connectivity index (χ2v) is 6.71. The topological polar surface area (TPSA) is 45.2 Å². The van der Waals surface area contributed by atoms with Crippen molar-refractivity contribution in [2.24, 2.45) is 0 Å². The average Bonchev–Trinajstić information content (AvgIpc) is 2.95. The third-order valence-electron chi connectivity index (χ3n) is 3.74. The van der Waals surface area contributed by atoms with Gasteiger partial charge in [0.15, 0.2) is 0 Å². The van der Waals surface area contributed by atoms with Gasteiger partial charge in [-0.1, -0.05) is 19.8 Å². The molecule has 0 radical (unpaired) electrons. The molecule has 1 aliphatic heterocycles. The molecule has 0 unspecified atom stereocenters. The molecule has 114 valence electrons. The van der Waals surface area contributed by atoms with E-state index in [1.54, 1.807) is 11.3 Å². The molecule has 4 nitrogen and oxygen atoms in total. The molecule has 0 spiro atoms. The van der Waals surface area contributed by atoms with Gasteiger partial charge in [0.2, 0.25) is 5.91 Å². The van der Waals surface area contributed by atoms with Crippen molar-refractivity contribution in [2.75, 3.05) is 26.2 Å². The van der Waals surface area contributed by atoms with E-state index in [1.165, 1.54) is 10.7 Å². The zero-order chi connectivity index (χ0) is 15.2. The van der Waals surface area contributed by atoms with Gasteiger partial charge in [0, 0.05) is 17.8 Å². The largest absolute Gasteiger partial charge is 0.344 e. The summed E-state index contributed by atoms with van der Waals surface area (Å²) < 4.78 is 0. The molecule has 1 saturated heterocycles. The fourth-order valence-electron chi connectivity index (χ4n) is 2.56. The van der Waals surface area contributed by atoms with E-state index in [0.29, 0.717) is 24.9 Å². The lowest BCUT2D eigenvalue weighted by Gasteiger charge is -2.31. The lowest BCUT2D eigenvalue weighted by atomic mass is 9.98. The van der Waals surface area contributed by atoms with Crippen molar-refractivity contribution in [1.29, 1.82) is 0 Å². The van der Waals surface area contributed by atoms with Crippen LogP contribution in [0.2, 0.25) is 0 Å². The molecule has 1 amide bonds. The van der Waals surface area contributed by atoms with E-state index in [-0.39, 0.29) is 5.91 Å². The van der Waals surface area contributed by atoms with Crippen LogP contribution in [0.15, 0.2) is 5.38 Å². The van der Waals surface area contributed by atoms with Crippen molar-refractivity contribution in [3.05, 3.63) is 16.1 Å². The van der Waals surface area contributed by atoms with Crippen molar-refractivity contribution >= 4 is 17.2 Å². The van der Waals surface area contributed by atoms with Crippen molar-refractivity contribution in [3.8, 4) is 12.3 Å². The van der Waals surface area contributed by atoms with E-state index < -0.39 is 0 Å². The number of aromatic nitrogens is 1. The Morgan fingerprint density at radius 3 is 3.14 bits per heavy atom. The fourth-order valence-corrected chi connectivity index (χ4v) is 3.67. The van der Waals surface area contributed by atoms with Crippen LogP contribution in [-0.2, 0) is 4.79 Å². The van der Waals surface area contributed by atoms with E-state index in [9.17, 15) is 4.79 Å². The molecule has 1 fully saturated rings. The van der Waals surface area contributed by atoms with E-state index >= 15 is 0 Å². The van der Waals surface area contributed by atoms with E-state index in [1.807, 2.05) is 0 Å². The van der Waals surface area contributed by atoms with Crippen LogP contribution in [0, 0.1) is 12.3 Å². The van der Waals surface area contributed by atoms with Crippen LogP contribution in [0.1, 0.15) is 49.2 Å². The van der Waals surface area contributed by atoms with Crippen molar-refractivity contribution in [3.63, 3.8) is 0 Å². The molecule has 1 atom stereocenters. The number of amides is 1. The molecule has 2 heterocycles. The minimum Gasteiger partial charge on any atom is -0.344 e. The molecule has 1 aromatic heterocycles. The SMILES string of the molecule is C#CCNC(=O)CN1CCC[C@@H](c2nc(C(C)C)cs2)C1. The van der Waals surface area contributed by atoms with Crippen LogP contribution >= 0.6 is 11.3 Å². The average molecular weight is 305 g/mol. The highest BCUT2D eigenvalue weighted by atomic mass is 32.1. The first-order chi connectivity index (χ1) is 10.1. The normalized spacial score (nSPS) is 19.4. The van der Waals surface area contributed by atoms with Gasteiger partial charge in [-0.25, -0.2) is 4.98 Å². The molecular weight excluding hydrogens is 282 g/mol. The highest BCUT2D eigenvalue weighted by molar-refractivity contribution is 7.09. The van der Waals surface area contributed by atoms with Crippen LogP contribution in [-0.4, -0.2) is 42.0 Å². The quantitative estimate of drug-likeness (QED) is 0.848. The number of hydrogen-bond donors (Lipinski definition) is 1. The van der Waals surface area contributed by atoms with Gasteiger partial charge in [0.05, 0.1) is 23.8 Å². The summed E-state index contributed by atoms with van der Waals surface area (Å²) in [6.45, 7) is 6.96. The van der Waals surface area contributed by atoms with Crippen molar-refractivity contribution < 1.29 is 4.79 Å². The third-order valence-corrected chi connectivity index (χ3v) is 4.77. The summed E-state index contributed by atoms with van der Waals surface area (Å²) in [4.78, 5) is 18.7. The predicted molar refractivity (Wildman–Crippen MR) is 86.5 cm³/mol. The molecule has 0 bridgehead atoms. The monoisotopic (exact) mass is 305 g/mol. The predicted octanol–water partition coefficient (Wildman–Crippen LogP) is 2.20. The number of piperidine rings is 1. The number of carbonyl (C=O) groups is 1. The number of carbonyl (C=O) groups excluding carboxylic acids is 1. The summed E-state index contributed by atoms with van der Waals surface area (Å²) in [6.07, 6.45) is 7.42. The highest BCUT2D eigenvalue weighted by Crippen LogP contribution is 2.30. The van der Waals surface area contributed by atoms with Gasteiger partial charge in [0.1, 0.15) is 0 Å². The van der Waals surface area contributed by atoms with E-state index in [0.717, 1.165) is 25.9 Å². The molecule has 1 aromatic rings. The number of rotatable bonds is 5. The van der Waals surface area contributed by atoms with Crippen LogP contribution in [0.4, 0.5) is 0 Å². The lowest BCUT2D eigenvalue weighted by molar-refractivity contribution is -0.122. The fraction of sp³-hybridized carbons (Fsp3) is 0.625. The maximum atomic E-state index is 11.7. The number of thiazole rings is 1. The van der Waals surface area contributed by atoms with E-state index in [4.69, 9.17) is 11.4 Å². The summed E-state index contributed by atoms with van der Waals surface area (Å²) in [6, 6.07) is 0. The number of nitrogens with zero attached hydrogens (tertiary/aromatic N) is 2. The first-order valence-corrected chi connectivity index (χ1v) is 8.36. The van der Waals surface area contributed by atoms with Gasteiger partial charge in [0.25, 0.3) is 0 Å². The Kier molecular flexibility index (Phi) is 5.77. The second-order valence-electron chi connectivity index (χ2n) is 5.82. The number of terminal acetylenes is 1. The van der Waals surface area contributed by atoms with Crippen LogP contribution < -0.4 is 5.32 Å². The Balaban J connectivity index is 1.91. The Labute approximate surface area is 131 Å². The van der Waals surface area contributed by atoms with Crippen LogP contribution in [0.25, 0.3) is 0 Å². The van der Waals surface area contributed by atoms with Gasteiger partial charge in [-0.2, -0.15) is 0 Å². The smallest absolute Gasteiger partial charge is 0.234 e. The molecule has 2 rings (SSSR count). The molecule has 1 aliphatic rings. The maximum Gasteiger partial charge on any atom is 0.234 e. The number of nitrogens with one attached hydrogen (secondary N) is 1. The maximum absolute atomic E-state index is 11.7. The van der Waals surface area contributed by atoms with Gasteiger partial charge in [-0.3, -0.25) is 9.69 Å². The zero-order valence-electron chi connectivity index (χ0n) is 12.8. The van der Waals surface area contributed by atoms with Gasteiger partial charge < -0.3 is 5.32 Å². The first kappa shape index (κ1) is 16.0. The van der Waals surface area contributed by atoms with Crippen molar-refractivity contribution in [2.45, 2.75) is 38.5 Å². The number of likely N-dealkylation sites (tertiary alicyclic amines) is 1. The summed E-state index contributed by atoms with van der Waals surface area (Å²) in [5.41, 5.74) is 1.18. The second kappa shape index (κ2) is 7.58. The zero-order valence-corrected chi connectivity index (χ0v) is 13.6. The highest BCUT2D eigenvalue weighted by Gasteiger charge is 2.25. The molecule has 0 aliphatic carbocycles. The van der Waals surface area contributed by atoms with Gasteiger partial charge in [-0.05, 0) is 25.3 Å². The summed E-state index contributed by atoms with van der Waals surface area (Å²) in [5, 5.41) is 6.10. The van der Waals surface area contributed by atoms with Gasteiger partial charge >= 0.3 is 0 Å². The summed E-state index contributed by atoms with van der Waals surface area (Å²) >= 11 is 1.75. The molecular formula is C16H23N3OS. The van der Waals surface area contributed by atoms with Crippen molar-refractivity contribution in [1.82, 2.24) is 15.2 Å². The van der Waals surface area contributed by atoms with Crippen LogP contribution in [0.5, 0.6) is 0 Å².